The van der Waals surface area contributed by atoms with Crippen LogP contribution in [-0.2, 0) is 14.4 Å². The molecule has 0 spiro atoms. The monoisotopic (exact) mass is 362 g/mol. The Hall–Kier alpha value is -3.03. The third-order valence-electron chi connectivity index (χ3n) is 4.13. The lowest BCUT2D eigenvalue weighted by Gasteiger charge is -2.29. The number of benzene rings is 1. The van der Waals surface area contributed by atoms with Gasteiger partial charge in [-0.25, -0.2) is 0 Å². The van der Waals surface area contributed by atoms with E-state index in [0.717, 1.165) is 5.56 Å². The van der Waals surface area contributed by atoms with Gasteiger partial charge in [0.15, 0.2) is 18.1 Å². The second-order valence-corrected chi connectivity index (χ2v) is 5.94. The van der Waals surface area contributed by atoms with Gasteiger partial charge in [-0.05, 0) is 36.6 Å². The van der Waals surface area contributed by atoms with Crippen molar-refractivity contribution in [1.29, 1.82) is 0 Å². The molecule has 1 aliphatic rings. The van der Waals surface area contributed by atoms with Crippen molar-refractivity contribution in [2.45, 2.75) is 12.8 Å². The van der Waals surface area contributed by atoms with Crippen molar-refractivity contribution in [3.05, 3.63) is 29.8 Å². The van der Waals surface area contributed by atoms with E-state index < -0.39 is 11.9 Å². The average molecular weight is 362 g/mol. The summed E-state index contributed by atoms with van der Waals surface area (Å²) in [7, 11) is 1.47. The Balaban J connectivity index is 1.98. The molecule has 1 fully saturated rings. The highest BCUT2D eigenvalue weighted by Crippen LogP contribution is 2.28. The molecule has 0 unspecified atom stereocenters. The topological polar surface area (TPSA) is 119 Å². The standard InChI is InChI=1S/C18H22N2O6/c1-25-15-10-12(2-4-14(15)26-11-16(19)21)3-5-17(22)20-8-6-13(7-9-20)18(23)24/h2-5,10,13H,6-9,11H2,1H3,(H2,19,21)(H,23,24). The number of ether oxygens (including phenoxy) is 2. The summed E-state index contributed by atoms with van der Waals surface area (Å²) in [5.41, 5.74) is 5.77. The van der Waals surface area contributed by atoms with Gasteiger partial charge in [0.1, 0.15) is 0 Å². The number of carbonyl (C=O) groups is 3. The molecule has 1 aromatic carbocycles. The number of nitrogens with zero attached hydrogens (tertiary/aromatic N) is 1. The summed E-state index contributed by atoms with van der Waals surface area (Å²) in [6, 6.07) is 5.03. The lowest BCUT2D eigenvalue weighted by atomic mass is 9.97. The van der Waals surface area contributed by atoms with E-state index in [0.29, 0.717) is 37.4 Å². The lowest BCUT2D eigenvalue weighted by Crippen LogP contribution is -2.39. The molecule has 2 amide bonds. The zero-order valence-corrected chi connectivity index (χ0v) is 14.5. The maximum absolute atomic E-state index is 12.2. The third kappa shape index (κ3) is 5.23. The first-order valence-corrected chi connectivity index (χ1v) is 8.19. The fourth-order valence-electron chi connectivity index (χ4n) is 2.68. The van der Waals surface area contributed by atoms with E-state index in [1.165, 1.54) is 13.2 Å². The summed E-state index contributed by atoms with van der Waals surface area (Å²) in [4.78, 5) is 35.6. The molecule has 0 aromatic heterocycles. The van der Waals surface area contributed by atoms with Gasteiger partial charge < -0.3 is 25.2 Å². The normalized spacial score (nSPS) is 15.0. The molecule has 3 N–H and O–H groups in total. The number of carboxylic acids is 1. The Morgan fingerprint density at radius 3 is 2.54 bits per heavy atom. The molecule has 8 heteroatoms. The first-order valence-electron chi connectivity index (χ1n) is 8.19. The van der Waals surface area contributed by atoms with Crippen LogP contribution in [0.5, 0.6) is 11.5 Å². The number of hydrogen-bond acceptors (Lipinski definition) is 5. The molecule has 1 heterocycles. The van der Waals surface area contributed by atoms with Crippen LogP contribution < -0.4 is 15.2 Å². The van der Waals surface area contributed by atoms with Gasteiger partial charge in [0, 0.05) is 19.2 Å². The molecule has 0 atom stereocenters. The van der Waals surface area contributed by atoms with Crippen LogP contribution in [0.15, 0.2) is 24.3 Å². The Morgan fingerprint density at radius 1 is 1.27 bits per heavy atom. The largest absolute Gasteiger partial charge is 0.493 e. The number of piperidine rings is 1. The van der Waals surface area contributed by atoms with Crippen molar-refractivity contribution in [2.24, 2.45) is 11.7 Å². The molecule has 0 aliphatic carbocycles. The van der Waals surface area contributed by atoms with Crippen LogP contribution in [0, 0.1) is 5.92 Å². The van der Waals surface area contributed by atoms with Gasteiger partial charge >= 0.3 is 5.97 Å². The summed E-state index contributed by atoms with van der Waals surface area (Å²) in [5, 5.41) is 8.99. The summed E-state index contributed by atoms with van der Waals surface area (Å²) >= 11 is 0. The summed E-state index contributed by atoms with van der Waals surface area (Å²) in [6.07, 6.45) is 4.02. The number of likely N-dealkylation sites (tertiary alicyclic amines) is 1. The van der Waals surface area contributed by atoms with Crippen molar-refractivity contribution in [2.75, 3.05) is 26.8 Å². The summed E-state index contributed by atoms with van der Waals surface area (Å²) < 4.78 is 10.5. The minimum Gasteiger partial charge on any atom is -0.493 e. The van der Waals surface area contributed by atoms with Crippen LogP contribution in [0.4, 0.5) is 0 Å². The molecule has 0 saturated carbocycles. The molecule has 0 radical (unpaired) electrons. The van der Waals surface area contributed by atoms with Crippen molar-refractivity contribution >= 4 is 23.9 Å². The van der Waals surface area contributed by atoms with Gasteiger partial charge in [-0.1, -0.05) is 6.07 Å². The van der Waals surface area contributed by atoms with E-state index in [1.807, 2.05) is 0 Å². The van der Waals surface area contributed by atoms with Gasteiger partial charge in [-0.2, -0.15) is 0 Å². The molecule has 1 aliphatic heterocycles. The predicted molar refractivity (Wildman–Crippen MR) is 93.7 cm³/mol. The van der Waals surface area contributed by atoms with Gasteiger partial charge in [-0.3, -0.25) is 14.4 Å². The number of carbonyl (C=O) groups excluding carboxylic acids is 2. The average Bonchev–Trinajstić information content (AvgIpc) is 2.64. The minimum absolute atomic E-state index is 0.165. The molecular weight excluding hydrogens is 340 g/mol. The van der Waals surface area contributed by atoms with Crippen molar-refractivity contribution in [3.8, 4) is 11.5 Å². The number of hydrogen-bond donors (Lipinski definition) is 2. The zero-order valence-electron chi connectivity index (χ0n) is 14.5. The number of rotatable bonds is 7. The Morgan fingerprint density at radius 2 is 1.96 bits per heavy atom. The molecule has 8 nitrogen and oxygen atoms in total. The number of amides is 2. The van der Waals surface area contributed by atoms with Crippen molar-refractivity contribution in [3.63, 3.8) is 0 Å². The maximum Gasteiger partial charge on any atom is 0.306 e. The van der Waals surface area contributed by atoms with Crippen molar-refractivity contribution < 1.29 is 29.0 Å². The molecular formula is C18H22N2O6. The highest BCUT2D eigenvalue weighted by molar-refractivity contribution is 5.92. The first-order chi connectivity index (χ1) is 12.4. The van der Waals surface area contributed by atoms with E-state index in [-0.39, 0.29) is 18.4 Å². The number of aliphatic carboxylic acids is 1. The molecule has 0 bridgehead atoms. The number of methoxy groups -OCH3 is 1. The second-order valence-electron chi connectivity index (χ2n) is 5.94. The fraction of sp³-hybridized carbons (Fsp3) is 0.389. The number of nitrogens with two attached hydrogens (primary N) is 1. The highest BCUT2D eigenvalue weighted by Gasteiger charge is 2.25. The van der Waals surface area contributed by atoms with E-state index in [1.54, 1.807) is 29.2 Å². The Kier molecular flexibility index (Phi) is 6.60. The minimum atomic E-state index is -0.807. The molecule has 26 heavy (non-hydrogen) atoms. The quantitative estimate of drug-likeness (QED) is 0.696. The molecule has 2 rings (SSSR count). The van der Waals surface area contributed by atoms with E-state index >= 15 is 0 Å². The van der Waals surface area contributed by atoms with Crippen LogP contribution in [0.3, 0.4) is 0 Å². The summed E-state index contributed by atoms with van der Waals surface area (Å²) in [6.45, 7) is 0.614. The fourth-order valence-corrected chi connectivity index (χ4v) is 2.68. The van der Waals surface area contributed by atoms with Gasteiger partial charge in [0.05, 0.1) is 13.0 Å². The van der Waals surface area contributed by atoms with Crippen LogP contribution in [0.2, 0.25) is 0 Å². The van der Waals surface area contributed by atoms with Gasteiger partial charge in [0.2, 0.25) is 5.91 Å². The second kappa shape index (κ2) is 8.89. The van der Waals surface area contributed by atoms with E-state index in [9.17, 15) is 14.4 Å². The van der Waals surface area contributed by atoms with E-state index in [2.05, 4.69) is 0 Å². The van der Waals surface area contributed by atoms with Crippen LogP contribution >= 0.6 is 0 Å². The first kappa shape index (κ1) is 19.3. The zero-order chi connectivity index (χ0) is 19.1. The molecule has 1 aromatic rings. The van der Waals surface area contributed by atoms with Gasteiger partial charge in [-0.15, -0.1) is 0 Å². The van der Waals surface area contributed by atoms with E-state index in [4.69, 9.17) is 20.3 Å². The SMILES string of the molecule is COc1cc(C=CC(=O)N2CCC(C(=O)O)CC2)ccc1OCC(N)=O. The maximum atomic E-state index is 12.2. The smallest absolute Gasteiger partial charge is 0.306 e. The van der Waals surface area contributed by atoms with Crippen LogP contribution in [0.1, 0.15) is 18.4 Å². The van der Waals surface area contributed by atoms with Gasteiger partial charge in [0.25, 0.3) is 5.91 Å². The van der Waals surface area contributed by atoms with Crippen molar-refractivity contribution in [1.82, 2.24) is 4.90 Å². The van der Waals surface area contributed by atoms with Crippen LogP contribution in [0.25, 0.3) is 6.08 Å². The Bertz CT molecular complexity index is 708. The molecule has 140 valence electrons. The number of carboxylic acid groups (broad SMARTS) is 1. The lowest BCUT2D eigenvalue weighted by molar-refractivity contribution is -0.144. The van der Waals surface area contributed by atoms with Crippen LogP contribution in [-0.4, -0.2) is 54.6 Å². The number of primary amides is 1. The third-order valence-corrected chi connectivity index (χ3v) is 4.13. The highest BCUT2D eigenvalue weighted by atomic mass is 16.5. The molecule has 1 saturated heterocycles. The predicted octanol–water partition coefficient (Wildman–Crippen LogP) is 0.896. The summed E-state index contributed by atoms with van der Waals surface area (Å²) in [5.74, 6) is -1.14. The Labute approximate surface area is 151 Å².